The van der Waals surface area contributed by atoms with Crippen LogP contribution in [-0.4, -0.2) is 30.2 Å². The summed E-state index contributed by atoms with van der Waals surface area (Å²) in [4.78, 5) is 15.1. The van der Waals surface area contributed by atoms with Crippen molar-refractivity contribution in [3.05, 3.63) is 24.0 Å². The Balaban J connectivity index is 1.94. The molecular weight excluding hydrogens is 208 g/mol. The Morgan fingerprint density at radius 3 is 2.75 bits per heavy atom. The van der Waals surface area contributed by atoms with Crippen LogP contribution < -0.4 is 10.5 Å². The number of aromatic nitrogens is 1. The Kier molecular flexibility index (Phi) is 3.05. The van der Waals surface area contributed by atoms with E-state index in [-0.39, 0.29) is 17.8 Å². The summed E-state index contributed by atoms with van der Waals surface area (Å²) < 4.78 is 10.1. The summed E-state index contributed by atoms with van der Waals surface area (Å²) in [5.74, 6) is 0.210. The molecule has 86 valence electrons. The average Bonchev–Trinajstić information content (AvgIpc) is 2.27. The smallest absolute Gasteiger partial charge is 0.356 e. The standard InChI is InChI=1S/C11H14N2O3/c1-15-11(14)10-3-2-8(6-13-10)16-9-4-7(12)5-9/h2-3,6-7,9H,4-5,12H2,1H3/t7-,9-. The maximum atomic E-state index is 11.1. The van der Waals surface area contributed by atoms with Gasteiger partial charge in [-0.05, 0) is 25.0 Å². The second-order valence-electron chi connectivity index (χ2n) is 3.84. The molecule has 5 heteroatoms. The van der Waals surface area contributed by atoms with Crippen LogP contribution in [0.4, 0.5) is 0 Å². The number of pyridine rings is 1. The predicted molar refractivity (Wildman–Crippen MR) is 57.2 cm³/mol. The number of carbonyl (C=O) groups excluding carboxylic acids is 1. The summed E-state index contributed by atoms with van der Waals surface area (Å²) in [6.07, 6.45) is 3.45. The Morgan fingerprint density at radius 1 is 1.50 bits per heavy atom. The lowest BCUT2D eigenvalue weighted by Gasteiger charge is -2.32. The fourth-order valence-electron chi connectivity index (χ4n) is 1.57. The second-order valence-corrected chi connectivity index (χ2v) is 3.84. The van der Waals surface area contributed by atoms with Crippen LogP contribution in [0.15, 0.2) is 18.3 Å². The lowest BCUT2D eigenvalue weighted by molar-refractivity contribution is 0.0593. The average molecular weight is 222 g/mol. The third kappa shape index (κ3) is 2.30. The third-order valence-corrected chi connectivity index (χ3v) is 2.56. The van der Waals surface area contributed by atoms with Crippen molar-refractivity contribution >= 4 is 5.97 Å². The molecule has 16 heavy (non-hydrogen) atoms. The van der Waals surface area contributed by atoms with Crippen molar-refractivity contribution in [2.45, 2.75) is 25.0 Å². The topological polar surface area (TPSA) is 74.4 Å². The molecule has 1 aliphatic carbocycles. The summed E-state index contributed by atoms with van der Waals surface area (Å²) >= 11 is 0. The van der Waals surface area contributed by atoms with Crippen molar-refractivity contribution in [1.82, 2.24) is 4.98 Å². The van der Waals surface area contributed by atoms with Gasteiger partial charge in [0, 0.05) is 6.04 Å². The van der Waals surface area contributed by atoms with Gasteiger partial charge in [0.1, 0.15) is 17.5 Å². The zero-order chi connectivity index (χ0) is 11.5. The highest BCUT2D eigenvalue weighted by molar-refractivity contribution is 5.87. The second kappa shape index (κ2) is 4.49. The molecule has 0 amide bonds. The molecule has 2 N–H and O–H groups in total. The maximum Gasteiger partial charge on any atom is 0.356 e. The van der Waals surface area contributed by atoms with E-state index in [9.17, 15) is 4.79 Å². The highest BCUT2D eigenvalue weighted by atomic mass is 16.5. The molecule has 1 saturated carbocycles. The molecule has 0 saturated heterocycles. The summed E-state index contributed by atoms with van der Waals surface area (Å²) in [6.45, 7) is 0. The number of hydrogen-bond donors (Lipinski definition) is 1. The number of nitrogens with zero attached hydrogens (tertiary/aromatic N) is 1. The number of carbonyl (C=O) groups is 1. The molecule has 1 aliphatic rings. The Labute approximate surface area is 93.6 Å². The molecule has 0 atom stereocenters. The van der Waals surface area contributed by atoms with Crippen LogP contribution in [0.25, 0.3) is 0 Å². The van der Waals surface area contributed by atoms with Gasteiger partial charge in [-0.3, -0.25) is 0 Å². The Bertz CT molecular complexity index is 371. The molecule has 1 aromatic rings. The summed E-state index contributed by atoms with van der Waals surface area (Å²) in [5.41, 5.74) is 5.93. The molecule has 0 radical (unpaired) electrons. The third-order valence-electron chi connectivity index (χ3n) is 2.56. The highest BCUT2D eigenvalue weighted by Crippen LogP contribution is 2.23. The van der Waals surface area contributed by atoms with Gasteiger partial charge in [-0.25, -0.2) is 9.78 Å². The number of rotatable bonds is 3. The first-order chi connectivity index (χ1) is 7.69. The SMILES string of the molecule is COC(=O)c1ccc(O[C@H]2C[C@H](N)C2)cn1. The van der Waals surface area contributed by atoms with Crippen LogP contribution in [0.3, 0.4) is 0 Å². The Morgan fingerprint density at radius 2 is 2.25 bits per heavy atom. The van der Waals surface area contributed by atoms with E-state index >= 15 is 0 Å². The lowest BCUT2D eigenvalue weighted by atomic mass is 9.90. The quantitative estimate of drug-likeness (QED) is 0.763. The van der Waals surface area contributed by atoms with Crippen LogP contribution in [0.1, 0.15) is 23.3 Å². The lowest BCUT2D eigenvalue weighted by Crippen LogP contribution is -2.43. The fourth-order valence-corrected chi connectivity index (χ4v) is 1.57. The van der Waals surface area contributed by atoms with E-state index in [0.29, 0.717) is 5.75 Å². The molecule has 1 heterocycles. The molecule has 0 aliphatic heterocycles. The van der Waals surface area contributed by atoms with E-state index < -0.39 is 5.97 Å². The van der Waals surface area contributed by atoms with Crippen LogP contribution in [0.5, 0.6) is 5.75 Å². The number of methoxy groups -OCH3 is 1. The van der Waals surface area contributed by atoms with E-state index in [1.807, 2.05) is 0 Å². The van der Waals surface area contributed by atoms with Gasteiger partial charge in [0.05, 0.1) is 13.3 Å². The van der Waals surface area contributed by atoms with Gasteiger partial charge >= 0.3 is 5.97 Å². The monoisotopic (exact) mass is 222 g/mol. The van der Waals surface area contributed by atoms with Crippen molar-refractivity contribution in [2.75, 3.05) is 7.11 Å². The van der Waals surface area contributed by atoms with Crippen molar-refractivity contribution < 1.29 is 14.3 Å². The normalized spacial score (nSPS) is 23.4. The van der Waals surface area contributed by atoms with Crippen molar-refractivity contribution in [3.63, 3.8) is 0 Å². The summed E-state index contributed by atoms with van der Waals surface area (Å²) in [6, 6.07) is 3.55. The number of hydrogen-bond acceptors (Lipinski definition) is 5. The van der Waals surface area contributed by atoms with Gasteiger partial charge in [-0.1, -0.05) is 0 Å². The molecule has 0 spiro atoms. The summed E-state index contributed by atoms with van der Waals surface area (Å²) in [5, 5.41) is 0. The largest absolute Gasteiger partial charge is 0.489 e. The van der Waals surface area contributed by atoms with Crippen LogP contribution in [0.2, 0.25) is 0 Å². The Hall–Kier alpha value is -1.62. The number of ether oxygens (including phenoxy) is 2. The number of nitrogens with two attached hydrogens (primary N) is 1. The van der Waals surface area contributed by atoms with Gasteiger partial charge in [-0.15, -0.1) is 0 Å². The van der Waals surface area contributed by atoms with Gasteiger partial charge in [0.2, 0.25) is 0 Å². The fraction of sp³-hybridized carbons (Fsp3) is 0.455. The van der Waals surface area contributed by atoms with E-state index in [4.69, 9.17) is 10.5 Å². The first-order valence-electron chi connectivity index (χ1n) is 5.15. The van der Waals surface area contributed by atoms with E-state index in [1.165, 1.54) is 13.3 Å². The first-order valence-corrected chi connectivity index (χ1v) is 5.15. The highest BCUT2D eigenvalue weighted by Gasteiger charge is 2.27. The molecule has 0 bridgehead atoms. The molecule has 0 aromatic carbocycles. The molecule has 1 fully saturated rings. The minimum Gasteiger partial charge on any atom is -0.489 e. The van der Waals surface area contributed by atoms with E-state index in [1.54, 1.807) is 12.1 Å². The van der Waals surface area contributed by atoms with Crippen LogP contribution in [-0.2, 0) is 4.74 Å². The molecule has 2 rings (SSSR count). The van der Waals surface area contributed by atoms with E-state index in [2.05, 4.69) is 9.72 Å². The maximum absolute atomic E-state index is 11.1. The zero-order valence-electron chi connectivity index (χ0n) is 9.05. The van der Waals surface area contributed by atoms with Crippen molar-refractivity contribution in [3.8, 4) is 5.75 Å². The predicted octanol–water partition coefficient (Wildman–Crippen LogP) is 0.737. The molecular formula is C11H14N2O3. The van der Waals surface area contributed by atoms with Crippen molar-refractivity contribution in [2.24, 2.45) is 5.73 Å². The first kappa shape index (κ1) is 10.9. The molecule has 0 unspecified atom stereocenters. The van der Waals surface area contributed by atoms with E-state index in [0.717, 1.165) is 12.8 Å². The van der Waals surface area contributed by atoms with Gasteiger partial charge in [-0.2, -0.15) is 0 Å². The van der Waals surface area contributed by atoms with Crippen LogP contribution in [0, 0.1) is 0 Å². The van der Waals surface area contributed by atoms with Gasteiger partial charge < -0.3 is 15.2 Å². The van der Waals surface area contributed by atoms with Crippen LogP contribution >= 0.6 is 0 Å². The van der Waals surface area contributed by atoms with Gasteiger partial charge in [0.15, 0.2) is 0 Å². The summed E-state index contributed by atoms with van der Waals surface area (Å²) in [7, 11) is 1.32. The van der Waals surface area contributed by atoms with Gasteiger partial charge in [0.25, 0.3) is 0 Å². The molecule has 5 nitrogen and oxygen atoms in total. The van der Waals surface area contributed by atoms with Crippen molar-refractivity contribution in [1.29, 1.82) is 0 Å². The minimum absolute atomic E-state index is 0.181. The minimum atomic E-state index is -0.447. The number of esters is 1. The molecule has 1 aromatic heterocycles. The zero-order valence-corrected chi connectivity index (χ0v) is 9.05.